The topological polar surface area (TPSA) is 188 Å². The molecule has 13 heteroatoms. The fourth-order valence-corrected chi connectivity index (χ4v) is 1.28. The van der Waals surface area contributed by atoms with E-state index in [0.29, 0.717) is 5.02 Å². The van der Waals surface area contributed by atoms with E-state index >= 15 is 0 Å². The number of benzene rings is 1. The molecule has 10 nitrogen and oxygen atoms in total. The second-order valence-corrected chi connectivity index (χ2v) is 5.05. The van der Waals surface area contributed by atoms with Gasteiger partial charge in [0.2, 0.25) is 0 Å². The summed E-state index contributed by atoms with van der Waals surface area (Å²) in [6.45, 7) is 0. The molecule has 0 saturated heterocycles. The van der Waals surface area contributed by atoms with Crippen molar-refractivity contribution in [1.82, 2.24) is 0 Å². The molecule has 0 radical (unpaired) electrons. The SMILES string of the molecule is N=C(N)Sc1ccc(Cl)cc1.O=S(=O)(O)O.O=[N+]([O-])O. The third-order valence-corrected chi connectivity index (χ3v) is 2.02. The average Bonchev–Trinajstić information content (AvgIpc) is 2.17. The van der Waals surface area contributed by atoms with Crippen LogP contribution in [0.3, 0.4) is 0 Å². The quantitative estimate of drug-likeness (QED) is 0.124. The molecule has 0 aromatic heterocycles. The normalized spacial score (nSPS) is 9.35. The summed E-state index contributed by atoms with van der Waals surface area (Å²) in [7, 11) is -4.67. The molecule has 0 aliphatic carbocycles. The van der Waals surface area contributed by atoms with Crippen LogP contribution < -0.4 is 5.73 Å². The van der Waals surface area contributed by atoms with Crippen molar-refractivity contribution in [3.8, 4) is 0 Å². The molecule has 114 valence electrons. The van der Waals surface area contributed by atoms with Crippen molar-refractivity contribution < 1.29 is 27.8 Å². The molecule has 1 rings (SSSR count). The van der Waals surface area contributed by atoms with E-state index in [-0.39, 0.29) is 5.17 Å². The molecule has 0 saturated carbocycles. The monoisotopic (exact) mass is 347 g/mol. The Kier molecular flexibility index (Phi) is 10.6. The van der Waals surface area contributed by atoms with Gasteiger partial charge in [0.1, 0.15) is 0 Å². The second kappa shape index (κ2) is 10.2. The van der Waals surface area contributed by atoms with Crippen molar-refractivity contribution in [2.24, 2.45) is 5.73 Å². The summed E-state index contributed by atoms with van der Waals surface area (Å²) in [5, 5.41) is 21.4. The number of nitrogens with zero attached hydrogens (tertiary/aromatic N) is 1. The van der Waals surface area contributed by atoms with Crippen LogP contribution in [0.1, 0.15) is 0 Å². The predicted octanol–water partition coefficient (Wildman–Crippen LogP) is 1.33. The Morgan fingerprint density at radius 2 is 1.65 bits per heavy atom. The summed E-state index contributed by atoms with van der Waals surface area (Å²) in [4.78, 5) is 9.29. The standard InChI is InChI=1S/C7H7ClN2S.HNO3.H2O4S/c8-5-1-3-6(4-2-5)11-7(9)10;2-1(3)4;1-5(2,3)4/h1-4H,(H3,9,10);(H,2,3,4);(H2,1,2,3,4). The number of hydrogen-bond acceptors (Lipinski definition) is 6. The van der Waals surface area contributed by atoms with Gasteiger partial charge in [0.05, 0.1) is 0 Å². The van der Waals surface area contributed by atoms with Gasteiger partial charge in [-0.1, -0.05) is 23.4 Å². The zero-order valence-corrected chi connectivity index (χ0v) is 11.9. The van der Waals surface area contributed by atoms with Gasteiger partial charge < -0.3 is 10.9 Å². The lowest BCUT2D eigenvalue weighted by atomic mass is 10.4. The lowest BCUT2D eigenvalue weighted by Gasteiger charge is -1.97. The lowest BCUT2D eigenvalue weighted by Crippen LogP contribution is -2.02. The highest BCUT2D eigenvalue weighted by molar-refractivity contribution is 8.13. The summed E-state index contributed by atoms with van der Waals surface area (Å²) >= 11 is 6.86. The van der Waals surface area contributed by atoms with E-state index in [9.17, 15) is 0 Å². The molecule has 0 aliphatic heterocycles. The van der Waals surface area contributed by atoms with Gasteiger partial charge in [-0.3, -0.25) is 14.5 Å². The van der Waals surface area contributed by atoms with Crippen LogP contribution in [0.25, 0.3) is 0 Å². The molecule has 0 atom stereocenters. The number of nitrogens with two attached hydrogens (primary N) is 1. The van der Waals surface area contributed by atoms with E-state index in [2.05, 4.69) is 0 Å². The highest BCUT2D eigenvalue weighted by Gasteiger charge is 1.94. The van der Waals surface area contributed by atoms with Crippen molar-refractivity contribution in [3.63, 3.8) is 0 Å². The Morgan fingerprint density at radius 3 is 1.90 bits per heavy atom. The number of hydrogen-bond donors (Lipinski definition) is 5. The van der Waals surface area contributed by atoms with Crippen LogP contribution in [0.2, 0.25) is 5.02 Å². The van der Waals surface area contributed by atoms with Gasteiger partial charge in [-0.05, 0) is 24.3 Å². The van der Waals surface area contributed by atoms with E-state index in [1.165, 1.54) is 11.8 Å². The molecular weight excluding hydrogens is 338 g/mol. The first-order valence-corrected chi connectivity index (χ1v) is 6.81. The van der Waals surface area contributed by atoms with Crippen molar-refractivity contribution in [2.45, 2.75) is 4.90 Å². The van der Waals surface area contributed by atoms with Gasteiger partial charge in [-0.2, -0.15) is 8.42 Å². The summed E-state index contributed by atoms with van der Waals surface area (Å²) < 4.78 is 31.6. The van der Waals surface area contributed by atoms with Crippen LogP contribution in [0, 0.1) is 15.5 Å². The third kappa shape index (κ3) is 25.3. The lowest BCUT2D eigenvalue weighted by molar-refractivity contribution is -0.742. The van der Waals surface area contributed by atoms with Crippen LogP contribution >= 0.6 is 23.4 Å². The third-order valence-electron chi connectivity index (χ3n) is 1.04. The Labute approximate surface area is 122 Å². The molecule has 0 bridgehead atoms. The molecule has 0 amide bonds. The second-order valence-electron chi connectivity index (χ2n) is 2.61. The van der Waals surface area contributed by atoms with Gasteiger partial charge in [0.15, 0.2) is 5.17 Å². The number of rotatable bonds is 1. The van der Waals surface area contributed by atoms with Gasteiger partial charge in [0.25, 0.3) is 5.09 Å². The van der Waals surface area contributed by atoms with Crippen LogP contribution in [0.4, 0.5) is 0 Å². The van der Waals surface area contributed by atoms with Crippen molar-refractivity contribution in [1.29, 1.82) is 5.41 Å². The molecule has 0 spiro atoms. The van der Waals surface area contributed by atoms with Gasteiger partial charge in [-0.25, -0.2) is 0 Å². The molecule has 1 aromatic rings. The Balaban J connectivity index is 0. The van der Waals surface area contributed by atoms with Crippen LogP contribution in [-0.4, -0.2) is 33.0 Å². The van der Waals surface area contributed by atoms with Crippen LogP contribution in [0.5, 0.6) is 0 Å². The number of nitrogens with one attached hydrogen (secondary N) is 1. The molecule has 0 fully saturated rings. The highest BCUT2D eigenvalue weighted by atomic mass is 35.5. The molecule has 1 aromatic carbocycles. The molecule has 0 aliphatic rings. The maximum absolute atomic E-state index is 8.74. The molecular formula is C7H10ClN3O7S2. The largest absolute Gasteiger partial charge is 0.394 e. The maximum Gasteiger partial charge on any atom is 0.394 e. The van der Waals surface area contributed by atoms with E-state index in [1.54, 1.807) is 12.1 Å². The zero-order valence-electron chi connectivity index (χ0n) is 9.50. The Hall–Kier alpha value is -1.60. The predicted molar refractivity (Wildman–Crippen MR) is 72.2 cm³/mol. The minimum atomic E-state index is -4.67. The average molecular weight is 348 g/mol. The summed E-state index contributed by atoms with van der Waals surface area (Å²) in [6.07, 6.45) is 0. The van der Waals surface area contributed by atoms with E-state index in [4.69, 9.17) is 55.6 Å². The van der Waals surface area contributed by atoms with Gasteiger partial charge in [-0.15, -0.1) is 10.1 Å². The first-order valence-electron chi connectivity index (χ1n) is 4.22. The van der Waals surface area contributed by atoms with Crippen LogP contribution in [0.15, 0.2) is 29.2 Å². The van der Waals surface area contributed by atoms with Crippen molar-refractivity contribution in [3.05, 3.63) is 39.4 Å². The highest BCUT2D eigenvalue weighted by Crippen LogP contribution is 2.19. The fourth-order valence-electron chi connectivity index (χ4n) is 0.630. The minimum absolute atomic E-state index is 0.0901. The van der Waals surface area contributed by atoms with Crippen molar-refractivity contribution >= 4 is 38.9 Å². The van der Waals surface area contributed by atoms with Gasteiger partial charge >= 0.3 is 10.4 Å². The number of halogens is 1. The minimum Gasteiger partial charge on any atom is -0.378 e. The maximum atomic E-state index is 8.74. The van der Waals surface area contributed by atoms with E-state index < -0.39 is 15.5 Å². The molecule has 0 heterocycles. The first kappa shape index (κ1) is 20.7. The zero-order chi connectivity index (χ0) is 16.3. The number of thioether (sulfide) groups is 1. The van der Waals surface area contributed by atoms with E-state index in [1.807, 2.05) is 12.1 Å². The molecule has 0 unspecified atom stereocenters. The first-order chi connectivity index (χ1) is 8.91. The van der Waals surface area contributed by atoms with Crippen molar-refractivity contribution in [2.75, 3.05) is 0 Å². The molecule has 20 heavy (non-hydrogen) atoms. The van der Waals surface area contributed by atoms with Crippen LogP contribution in [-0.2, 0) is 10.4 Å². The molecule has 6 N–H and O–H groups in total. The number of amidine groups is 1. The van der Waals surface area contributed by atoms with Gasteiger partial charge in [0, 0.05) is 9.92 Å². The Bertz CT molecular complexity index is 522. The Morgan fingerprint density at radius 1 is 1.35 bits per heavy atom. The summed E-state index contributed by atoms with van der Waals surface area (Å²) in [5.41, 5.74) is 5.18. The summed E-state index contributed by atoms with van der Waals surface area (Å²) in [5.74, 6) is 0. The fraction of sp³-hybridized carbons (Fsp3) is 0. The smallest absolute Gasteiger partial charge is 0.378 e. The van der Waals surface area contributed by atoms with E-state index in [0.717, 1.165) is 4.90 Å². The summed E-state index contributed by atoms with van der Waals surface area (Å²) in [6, 6.07) is 7.20.